The van der Waals surface area contributed by atoms with Gasteiger partial charge in [-0.1, -0.05) is 0 Å². The molecule has 0 aliphatic heterocycles. The van der Waals surface area contributed by atoms with Crippen LogP contribution in [0.4, 0.5) is 0 Å². The highest BCUT2D eigenvalue weighted by Gasteiger charge is 2.31. The van der Waals surface area contributed by atoms with Crippen molar-refractivity contribution in [1.29, 1.82) is 0 Å². The molecule has 0 radical (unpaired) electrons. The molecule has 1 heterocycles. The third-order valence-corrected chi connectivity index (χ3v) is 3.42. The average Bonchev–Trinajstić information content (AvgIpc) is 2.34. The summed E-state index contributed by atoms with van der Waals surface area (Å²) < 4.78 is 0. The van der Waals surface area contributed by atoms with Crippen molar-refractivity contribution in [3.05, 3.63) is 21.9 Å². The highest BCUT2D eigenvalue weighted by Crippen LogP contribution is 2.37. The summed E-state index contributed by atoms with van der Waals surface area (Å²) in [5.74, 6) is 0.686. The van der Waals surface area contributed by atoms with Gasteiger partial charge in [0.1, 0.15) is 5.78 Å². The predicted molar refractivity (Wildman–Crippen MR) is 46.0 cm³/mol. The van der Waals surface area contributed by atoms with Crippen molar-refractivity contribution in [2.24, 2.45) is 0 Å². The van der Waals surface area contributed by atoms with Gasteiger partial charge in [0.15, 0.2) is 0 Å². The van der Waals surface area contributed by atoms with Crippen LogP contribution in [0.5, 0.6) is 0 Å². The van der Waals surface area contributed by atoms with Crippen molar-refractivity contribution in [1.82, 2.24) is 0 Å². The van der Waals surface area contributed by atoms with Crippen LogP contribution in [-0.4, -0.2) is 5.78 Å². The van der Waals surface area contributed by atoms with Gasteiger partial charge in [-0.05, 0) is 30.4 Å². The first-order chi connectivity index (χ1) is 5.29. The molecule has 1 aliphatic rings. The molecule has 0 amide bonds. The van der Waals surface area contributed by atoms with E-state index in [1.54, 1.807) is 11.3 Å². The van der Waals surface area contributed by atoms with Crippen molar-refractivity contribution < 1.29 is 4.79 Å². The summed E-state index contributed by atoms with van der Waals surface area (Å²) in [4.78, 5) is 12.4. The minimum atomic E-state index is 0.259. The first-order valence-corrected chi connectivity index (χ1v) is 4.73. The van der Waals surface area contributed by atoms with E-state index in [4.69, 9.17) is 0 Å². The first kappa shape index (κ1) is 7.04. The number of carbonyl (C=O) groups is 1. The Kier molecular flexibility index (Phi) is 1.57. The van der Waals surface area contributed by atoms with E-state index in [0.29, 0.717) is 5.78 Å². The lowest BCUT2D eigenvalue weighted by Gasteiger charge is -2.23. The molecule has 1 saturated carbocycles. The highest BCUT2D eigenvalue weighted by molar-refractivity contribution is 7.10. The van der Waals surface area contributed by atoms with Crippen LogP contribution >= 0.6 is 11.3 Å². The standard InChI is InChI=1S/C9H10OS/c1-6-4-5-11-9(6)7-2-3-8(7)10/h4-5,7H,2-3H2,1H3/t7-/m1/s1. The maximum Gasteiger partial charge on any atom is 0.141 e. The number of carbonyl (C=O) groups excluding carboxylic acids is 1. The summed E-state index contributed by atoms with van der Waals surface area (Å²) >= 11 is 1.72. The average molecular weight is 166 g/mol. The molecular formula is C9H10OS. The maximum absolute atomic E-state index is 11.1. The van der Waals surface area contributed by atoms with Crippen molar-refractivity contribution in [3.63, 3.8) is 0 Å². The molecule has 1 aliphatic carbocycles. The van der Waals surface area contributed by atoms with Gasteiger partial charge in [0, 0.05) is 11.3 Å². The van der Waals surface area contributed by atoms with E-state index in [0.717, 1.165) is 12.8 Å². The molecule has 2 rings (SSSR count). The maximum atomic E-state index is 11.1. The monoisotopic (exact) mass is 166 g/mol. The molecule has 2 heteroatoms. The Hall–Kier alpha value is -0.630. The Morgan fingerprint density at radius 2 is 2.45 bits per heavy atom. The molecule has 0 bridgehead atoms. The minimum Gasteiger partial charge on any atom is -0.299 e. The second kappa shape index (κ2) is 2.45. The zero-order valence-corrected chi connectivity index (χ0v) is 7.28. The van der Waals surface area contributed by atoms with Crippen molar-refractivity contribution in [3.8, 4) is 0 Å². The Morgan fingerprint density at radius 1 is 1.64 bits per heavy atom. The number of hydrogen-bond donors (Lipinski definition) is 0. The third kappa shape index (κ3) is 1.02. The van der Waals surface area contributed by atoms with Crippen molar-refractivity contribution >= 4 is 17.1 Å². The van der Waals surface area contributed by atoms with Crippen LogP contribution in [0.15, 0.2) is 11.4 Å². The second-order valence-electron chi connectivity index (χ2n) is 3.03. The first-order valence-electron chi connectivity index (χ1n) is 3.86. The van der Waals surface area contributed by atoms with Gasteiger partial charge in [-0.3, -0.25) is 4.79 Å². The molecule has 58 valence electrons. The predicted octanol–water partition coefficient (Wildman–Crippen LogP) is 2.50. The van der Waals surface area contributed by atoms with Gasteiger partial charge >= 0.3 is 0 Å². The molecule has 0 spiro atoms. The Balaban J connectivity index is 2.29. The normalized spacial score (nSPS) is 23.4. The fraction of sp³-hybridized carbons (Fsp3) is 0.444. The summed E-state index contributed by atoms with van der Waals surface area (Å²) in [6, 6.07) is 2.09. The number of Topliss-reactive ketones (excluding diaryl/α,β-unsaturated/α-hetero) is 1. The van der Waals surface area contributed by atoms with Crippen LogP contribution in [0.25, 0.3) is 0 Å². The number of rotatable bonds is 1. The van der Waals surface area contributed by atoms with Crippen LogP contribution in [-0.2, 0) is 4.79 Å². The molecule has 1 atom stereocenters. The SMILES string of the molecule is Cc1ccsc1[C@@H]1CCC1=O. The lowest BCUT2D eigenvalue weighted by molar-refractivity contribution is -0.125. The zero-order valence-electron chi connectivity index (χ0n) is 6.46. The van der Waals surface area contributed by atoms with Gasteiger partial charge in [-0.2, -0.15) is 0 Å². The summed E-state index contributed by atoms with van der Waals surface area (Å²) in [5, 5.41) is 2.07. The Labute approximate surface area is 70.1 Å². The number of hydrogen-bond acceptors (Lipinski definition) is 2. The third-order valence-electron chi connectivity index (χ3n) is 2.29. The lowest BCUT2D eigenvalue weighted by Crippen LogP contribution is -2.22. The highest BCUT2D eigenvalue weighted by atomic mass is 32.1. The largest absolute Gasteiger partial charge is 0.299 e. The second-order valence-corrected chi connectivity index (χ2v) is 3.97. The minimum absolute atomic E-state index is 0.259. The van der Waals surface area contributed by atoms with E-state index < -0.39 is 0 Å². The summed E-state index contributed by atoms with van der Waals surface area (Å²) in [5.41, 5.74) is 1.29. The fourth-order valence-corrected chi connectivity index (χ4v) is 2.51. The van der Waals surface area contributed by atoms with Crippen LogP contribution in [0, 0.1) is 6.92 Å². The van der Waals surface area contributed by atoms with Gasteiger partial charge in [-0.15, -0.1) is 11.3 Å². The van der Waals surface area contributed by atoms with Gasteiger partial charge in [0.2, 0.25) is 0 Å². The van der Waals surface area contributed by atoms with Crippen molar-refractivity contribution in [2.75, 3.05) is 0 Å². The molecule has 1 aromatic rings. The van der Waals surface area contributed by atoms with E-state index >= 15 is 0 Å². The zero-order chi connectivity index (χ0) is 7.84. The molecule has 0 unspecified atom stereocenters. The van der Waals surface area contributed by atoms with Crippen LogP contribution in [0.1, 0.15) is 29.2 Å². The molecule has 0 N–H and O–H groups in total. The van der Waals surface area contributed by atoms with E-state index in [-0.39, 0.29) is 5.92 Å². The number of aryl methyl sites for hydroxylation is 1. The van der Waals surface area contributed by atoms with Gasteiger partial charge in [0.25, 0.3) is 0 Å². The molecular weight excluding hydrogens is 156 g/mol. The molecule has 1 aromatic heterocycles. The fourth-order valence-electron chi connectivity index (χ4n) is 1.43. The Morgan fingerprint density at radius 3 is 2.82 bits per heavy atom. The van der Waals surface area contributed by atoms with E-state index in [9.17, 15) is 4.79 Å². The van der Waals surface area contributed by atoms with Gasteiger partial charge in [0.05, 0.1) is 5.92 Å². The van der Waals surface area contributed by atoms with E-state index in [1.165, 1.54) is 10.4 Å². The molecule has 0 saturated heterocycles. The van der Waals surface area contributed by atoms with E-state index in [1.807, 2.05) is 0 Å². The van der Waals surface area contributed by atoms with Gasteiger partial charge < -0.3 is 0 Å². The van der Waals surface area contributed by atoms with Crippen LogP contribution in [0.3, 0.4) is 0 Å². The van der Waals surface area contributed by atoms with Crippen LogP contribution < -0.4 is 0 Å². The lowest BCUT2D eigenvalue weighted by atomic mass is 9.82. The molecule has 1 nitrogen and oxygen atoms in total. The van der Waals surface area contributed by atoms with Crippen molar-refractivity contribution in [2.45, 2.75) is 25.7 Å². The smallest absolute Gasteiger partial charge is 0.141 e. The topological polar surface area (TPSA) is 17.1 Å². The molecule has 11 heavy (non-hydrogen) atoms. The summed E-state index contributed by atoms with van der Waals surface area (Å²) in [6.07, 6.45) is 1.86. The summed E-state index contributed by atoms with van der Waals surface area (Å²) in [6.45, 7) is 2.08. The molecule has 0 aromatic carbocycles. The van der Waals surface area contributed by atoms with Gasteiger partial charge in [-0.25, -0.2) is 0 Å². The molecule has 1 fully saturated rings. The summed E-state index contributed by atoms with van der Waals surface area (Å²) in [7, 11) is 0. The number of thiophene rings is 1. The number of ketones is 1. The Bertz CT molecular complexity index is 288. The quantitative estimate of drug-likeness (QED) is 0.626. The van der Waals surface area contributed by atoms with E-state index in [2.05, 4.69) is 18.4 Å². The van der Waals surface area contributed by atoms with Crippen LogP contribution in [0.2, 0.25) is 0 Å².